The first-order valence-electron chi connectivity index (χ1n) is 6.37. The lowest BCUT2D eigenvalue weighted by Gasteiger charge is -2.29. The van der Waals surface area contributed by atoms with Crippen LogP contribution in [-0.2, 0) is 16.9 Å². The molecule has 0 spiro atoms. The van der Waals surface area contributed by atoms with Crippen LogP contribution < -0.4 is 4.74 Å². The van der Waals surface area contributed by atoms with Gasteiger partial charge in [-0.15, -0.1) is 0 Å². The normalized spacial score (nSPS) is 23.3. The fourth-order valence-corrected chi connectivity index (χ4v) is 2.64. The molecule has 0 amide bonds. The van der Waals surface area contributed by atoms with E-state index < -0.39 is 17.3 Å². The van der Waals surface area contributed by atoms with E-state index >= 15 is 0 Å². The van der Waals surface area contributed by atoms with Crippen molar-refractivity contribution >= 4 is 11.6 Å². The van der Waals surface area contributed by atoms with Crippen LogP contribution in [0.2, 0.25) is 0 Å². The van der Waals surface area contributed by atoms with Gasteiger partial charge in [-0.05, 0) is 6.07 Å². The Morgan fingerprint density at radius 2 is 2.23 bits per heavy atom. The number of aliphatic hydroxyl groups is 1. The van der Waals surface area contributed by atoms with Crippen molar-refractivity contribution in [1.82, 2.24) is 14.8 Å². The highest BCUT2D eigenvalue weighted by atomic mass is 35.5. The van der Waals surface area contributed by atoms with E-state index in [2.05, 4.69) is 14.8 Å². The smallest absolute Gasteiger partial charge is 0.387 e. The summed E-state index contributed by atoms with van der Waals surface area (Å²) in [4.78, 5) is 3.76. The van der Waals surface area contributed by atoms with E-state index in [9.17, 15) is 13.9 Å². The molecule has 1 aliphatic heterocycles. The number of ether oxygens (including phenoxy) is 2. The van der Waals surface area contributed by atoms with Crippen molar-refractivity contribution in [3.63, 3.8) is 0 Å². The van der Waals surface area contributed by atoms with Crippen LogP contribution in [0, 0.1) is 0 Å². The van der Waals surface area contributed by atoms with E-state index in [-0.39, 0.29) is 24.5 Å². The Hall–Kier alpha value is -1.77. The summed E-state index contributed by atoms with van der Waals surface area (Å²) in [7, 11) is 0. The quantitative estimate of drug-likeness (QED) is 0.644. The SMILES string of the molecule is OC(Cl)(Cn1cncn1)C1(c2ccccc2OC(F)F)CO1. The molecule has 9 heteroatoms. The van der Waals surface area contributed by atoms with Crippen LogP contribution in [0.15, 0.2) is 36.9 Å². The molecule has 22 heavy (non-hydrogen) atoms. The van der Waals surface area contributed by atoms with E-state index in [1.54, 1.807) is 12.1 Å². The molecule has 1 N–H and O–H groups in total. The van der Waals surface area contributed by atoms with E-state index in [0.29, 0.717) is 0 Å². The molecule has 118 valence electrons. The summed E-state index contributed by atoms with van der Waals surface area (Å²) in [6.07, 6.45) is 2.67. The molecule has 0 aliphatic carbocycles. The number of para-hydroxylation sites is 1. The maximum atomic E-state index is 12.5. The Balaban J connectivity index is 1.93. The number of alkyl halides is 3. The van der Waals surface area contributed by atoms with Crippen molar-refractivity contribution in [2.24, 2.45) is 0 Å². The number of rotatable bonds is 6. The van der Waals surface area contributed by atoms with E-state index in [1.807, 2.05) is 0 Å². The third-order valence-corrected chi connectivity index (χ3v) is 3.85. The Labute approximate surface area is 129 Å². The lowest BCUT2D eigenvalue weighted by Crippen LogP contribution is -2.42. The Bertz CT molecular complexity index is 648. The number of nitrogens with zero attached hydrogens (tertiary/aromatic N) is 3. The summed E-state index contributed by atoms with van der Waals surface area (Å²) in [5.74, 6) is -0.0901. The lowest BCUT2D eigenvalue weighted by atomic mass is 9.92. The second-order valence-electron chi connectivity index (χ2n) is 4.84. The van der Waals surface area contributed by atoms with E-state index in [1.165, 1.54) is 29.5 Å². The summed E-state index contributed by atoms with van der Waals surface area (Å²) in [6, 6.07) is 6.06. The van der Waals surface area contributed by atoms with Gasteiger partial charge in [0.15, 0.2) is 10.7 Å². The average Bonchev–Trinajstić information content (AvgIpc) is 3.12. The minimum atomic E-state index is -2.99. The highest BCUT2D eigenvalue weighted by molar-refractivity contribution is 6.23. The molecule has 3 rings (SSSR count). The first-order valence-corrected chi connectivity index (χ1v) is 6.74. The van der Waals surface area contributed by atoms with Gasteiger partial charge in [-0.25, -0.2) is 9.67 Å². The van der Waals surface area contributed by atoms with Gasteiger partial charge >= 0.3 is 6.61 Å². The maximum absolute atomic E-state index is 12.5. The maximum Gasteiger partial charge on any atom is 0.387 e. The first-order chi connectivity index (χ1) is 10.4. The van der Waals surface area contributed by atoms with E-state index in [0.717, 1.165) is 0 Å². The molecule has 1 aromatic carbocycles. The molecule has 2 atom stereocenters. The fraction of sp³-hybridized carbons (Fsp3) is 0.385. The monoisotopic (exact) mass is 331 g/mol. The third kappa shape index (κ3) is 2.65. The zero-order chi connectivity index (χ0) is 15.8. The molecule has 2 heterocycles. The third-order valence-electron chi connectivity index (χ3n) is 3.43. The zero-order valence-electron chi connectivity index (χ0n) is 11.2. The summed E-state index contributed by atoms with van der Waals surface area (Å²) in [5.41, 5.74) is -1.08. The molecule has 0 bridgehead atoms. The predicted molar refractivity (Wildman–Crippen MR) is 71.5 cm³/mol. The molecule has 0 radical (unpaired) electrons. The highest BCUT2D eigenvalue weighted by Gasteiger charge is 2.63. The molecule has 2 aromatic rings. The lowest BCUT2D eigenvalue weighted by molar-refractivity contribution is -0.0534. The zero-order valence-corrected chi connectivity index (χ0v) is 12.0. The van der Waals surface area contributed by atoms with Gasteiger partial charge in [0, 0.05) is 5.56 Å². The van der Waals surface area contributed by atoms with Gasteiger partial charge in [-0.2, -0.15) is 13.9 Å². The topological polar surface area (TPSA) is 72.7 Å². The Morgan fingerprint density at radius 1 is 1.50 bits per heavy atom. The largest absolute Gasteiger partial charge is 0.434 e. The van der Waals surface area contributed by atoms with Crippen LogP contribution in [0.25, 0.3) is 0 Å². The molecule has 0 saturated carbocycles. The number of epoxide rings is 1. The van der Waals surface area contributed by atoms with Crippen molar-refractivity contribution in [2.45, 2.75) is 23.8 Å². The van der Waals surface area contributed by atoms with Gasteiger partial charge in [0.1, 0.15) is 18.4 Å². The number of hydrogen-bond donors (Lipinski definition) is 1. The number of halogens is 3. The van der Waals surface area contributed by atoms with Gasteiger partial charge in [-0.1, -0.05) is 29.8 Å². The van der Waals surface area contributed by atoms with E-state index in [4.69, 9.17) is 16.3 Å². The van der Waals surface area contributed by atoms with Crippen LogP contribution >= 0.6 is 11.6 Å². The second-order valence-corrected chi connectivity index (χ2v) is 5.47. The van der Waals surface area contributed by atoms with Crippen molar-refractivity contribution in [3.8, 4) is 5.75 Å². The van der Waals surface area contributed by atoms with Gasteiger partial charge in [0.2, 0.25) is 0 Å². The Morgan fingerprint density at radius 3 is 2.82 bits per heavy atom. The molecule has 2 unspecified atom stereocenters. The Kier molecular flexibility index (Phi) is 3.75. The fourth-order valence-electron chi connectivity index (χ4n) is 2.31. The molecular formula is C13H12ClF2N3O3. The minimum Gasteiger partial charge on any atom is -0.434 e. The molecular weight excluding hydrogens is 320 g/mol. The summed E-state index contributed by atoms with van der Waals surface area (Å²) < 4.78 is 36.2. The average molecular weight is 332 g/mol. The van der Waals surface area contributed by atoms with Crippen LogP contribution in [0.4, 0.5) is 8.78 Å². The van der Waals surface area contributed by atoms with Crippen LogP contribution in [0.3, 0.4) is 0 Å². The van der Waals surface area contributed by atoms with Gasteiger partial charge in [0.25, 0.3) is 0 Å². The number of benzene rings is 1. The van der Waals surface area contributed by atoms with Gasteiger partial charge in [-0.3, -0.25) is 0 Å². The summed E-state index contributed by atoms with van der Waals surface area (Å²) in [6.45, 7) is -3.04. The molecule has 1 aromatic heterocycles. The van der Waals surface area contributed by atoms with Crippen LogP contribution in [0.5, 0.6) is 5.75 Å². The molecule has 1 aliphatic rings. The second kappa shape index (κ2) is 5.45. The number of hydrogen-bond acceptors (Lipinski definition) is 5. The molecule has 1 saturated heterocycles. The van der Waals surface area contributed by atoms with Crippen molar-refractivity contribution in [3.05, 3.63) is 42.5 Å². The summed E-state index contributed by atoms with van der Waals surface area (Å²) in [5, 5.41) is 12.6. The highest BCUT2D eigenvalue weighted by Crippen LogP contribution is 2.53. The van der Waals surface area contributed by atoms with Gasteiger partial charge in [0.05, 0.1) is 13.2 Å². The van der Waals surface area contributed by atoms with Crippen molar-refractivity contribution in [1.29, 1.82) is 0 Å². The van der Waals surface area contributed by atoms with Crippen molar-refractivity contribution < 1.29 is 23.4 Å². The standard InChI is InChI=1S/C13H12ClF2N3O3/c14-13(20,5-19-8-17-7-18-19)12(6-21-12)9-3-1-2-4-10(9)22-11(15)16/h1-4,7-8,11,20H,5-6H2. The number of aromatic nitrogens is 3. The van der Waals surface area contributed by atoms with Crippen LogP contribution in [0.1, 0.15) is 5.56 Å². The molecule has 1 fully saturated rings. The minimum absolute atomic E-state index is 0.0747. The van der Waals surface area contributed by atoms with Crippen LogP contribution in [-0.4, -0.2) is 38.1 Å². The summed E-state index contributed by atoms with van der Waals surface area (Å²) >= 11 is 6.22. The van der Waals surface area contributed by atoms with Gasteiger partial charge < -0.3 is 14.6 Å². The first kappa shape index (κ1) is 15.1. The van der Waals surface area contributed by atoms with Crippen molar-refractivity contribution in [2.75, 3.05) is 6.61 Å². The molecule has 6 nitrogen and oxygen atoms in total. The predicted octanol–water partition coefficient (Wildman–Crippen LogP) is 1.73.